The van der Waals surface area contributed by atoms with Gasteiger partial charge in [-0.25, -0.2) is 5.43 Å². The number of nitrogens with one attached hydrogen (secondary N) is 1. The van der Waals surface area contributed by atoms with Gasteiger partial charge < -0.3 is 4.74 Å². The highest BCUT2D eigenvalue weighted by Crippen LogP contribution is 2.14. The monoisotopic (exact) mass is 380 g/mol. The Kier molecular flexibility index (Phi) is 10.5. The summed E-state index contributed by atoms with van der Waals surface area (Å²) in [6, 6.07) is 17.7. The van der Waals surface area contributed by atoms with Crippen molar-refractivity contribution in [2.45, 2.75) is 64.9 Å². The lowest BCUT2D eigenvalue weighted by Crippen LogP contribution is -2.16. The van der Waals surface area contributed by atoms with Crippen molar-refractivity contribution in [2.24, 2.45) is 5.10 Å². The van der Waals surface area contributed by atoms with Crippen molar-refractivity contribution < 1.29 is 9.53 Å². The van der Waals surface area contributed by atoms with Crippen LogP contribution in [0.5, 0.6) is 5.75 Å². The molecule has 0 radical (unpaired) electrons. The molecule has 0 aliphatic carbocycles. The summed E-state index contributed by atoms with van der Waals surface area (Å²) in [6.45, 7) is 2.75. The maximum atomic E-state index is 11.8. The number of hydrogen-bond acceptors (Lipinski definition) is 3. The summed E-state index contributed by atoms with van der Waals surface area (Å²) in [5.74, 6) is 0.753. The van der Waals surface area contributed by atoms with E-state index in [0.717, 1.165) is 29.7 Å². The van der Waals surface area contributed by atoms with E-state index in [2.05, 4.69) is 17.5 Å². The Hall–Kier alpha value is -2.62. The molecule has 0 aliphatic rings. The van der Waals surface area contributed by atoms with Crippen LogP contribution in [0, 0.1) is 0 Å². The summed E-state index contributed by atoms with van der Waals surface area (Å²) in [5, 5.41) is 4.06. The molecule has 2 aromatic rings. The average Bonchev–Trinajstić information content (AvgIpc) is 2.73. The molecule has 4 nitrogen and oxygen atoms in total. The summed E-state index contributed by atoms with van der Waals surface area (Å²) >= 11 is 0. The predicted octanol–water partition coefficient (Wildman–Crippen LogP) is 5.86. The first kappa shape index (κ1) is 21.7. The van der Waals surface area contributed by atoms with Gasteiger partial charge in [-0.2, -0.15) is 5.10 Å². The van der Waals surface area contributed by atoms with Crippen molar-refractivity contribution >= 4 is 12.1 Å². The van der Waals surface area contributed by atoms with Gasteiger partial charge in [0.15, 0.2) is 0 Å². The van der Waals surface area contributed by atoms with E-state index in [9.17, 15) is 4.79 Å². The van der Waals surface area contributed by atoms with E-state index in [-0.39, 0.29) is 5.91 Å². The third-order valence-corrected chi connectivity index (χ3v) is 4.52. The summed E-state index contributed by atoms with van der Waals surface area (Å²) in [7, 11) is 0. The maximum Gasteiger partial charge on any atom is 0.240 e. The van der Waals surface area contributed by atoms with Crippen LogP contribution >= 0.6 is 0 Å². The van der Waals surface area contributed by atoms with Crippen LogP contribution in [0.25, 0.3) is 0 Å². The van der Waals surface area contributed by atoms with Crippen LogP contribution in [0.2, 0.25) is 0 Å². The lowest BCUT2D eigenvalue weighted by atomic mass is 10.1. The maximum absolute atomic E-state index is 11.8. The molecule has 0 saturated carbocycles. The van der Waals surface area contributed by atoms with Gasteiger partial charge in [0, 0.05) is 6.42 Å². The van der Waals surface area contributed by atoms with Crippen molar-refractivity contribution in [3.8, 4) is 5.75 Å². The van der Waals surface area contributed by atoms with Crippen molar-refractivity contribution in [1.82, 2.24) is 5.43 Å². The van der Waals surface area contributed by atoms with E-state index < -0.39 is 0 Å². The topological polar surface area (TPSA) is 50.7 Å². The molecule has 150 valence electrons. The van der Waals surface area contributed by atoms with Gasteiger partial charge in [0.25, 0.3) is 0 Å². The lowest BCUT2D eigenvalue weighted by molar-refractivity contribution is -0.121. The number of unbranched alkanes of at least 4 members (excludes halogenated alkanes) is 6. The Balaban J connectivity index is 1.65. The molecule has 0 saturated heterocycles. The van der Waals surface area contributed by atoms with Gasteiger partial charge in [-0.05, 0) is 29.7 Å². The van der Waals surface area contributed by atoms with Crippen LogP contribution in [-0.4, -0.2) is 12.1 Å². The highest BCUT2D eigenvalue weighted by atomic mass is 16.5. The number of amides is 1. The molecule has 1 N–H and O–H groups in total. The minimum atomic E-state index is -0.0266. The van der Waals surface area contributed by atoms with Gasteiger partial charge in [-0.3, -0.25) is 4.79 Å². The molecule has 0 fully saturated rings. The number of hydrogen-bond donors (Lipinski definition) is 1. The first-order valence-electron chi connectivity index (χ1n) is 10.4. The summed E-state index contributed by atoms with van der Waals surface area (Å²) in [4.78, 5) is 11.8. The molecule has 28 heavy (non-hydrogen) atoms. The van der Waals surface area contributed by atoms with Crippen LogP contribution in [-0.2, 0) is 11.4 Å². The molecule has 0 spiro atoms. The lowest BCUT2D eigenvalue weighted by Gasteiger charge is -2.06. The molecule has 0 aromatic heterocycles. The van der Waals surface area contributed by atoms with Crippen LogP contribution in [0.4, 0.5) is 0 Å². The fourth-order valence-electron chi connectivity index (χ4n) is 2.90. The van der Waals surface area contributed by atoms with Crippen LogP contribution in [0.3, 0.4) is 0 Å². The molecular formula is C24H32N2O2. The molecular weight excluding hydrogens is 348 g/mol. The van der Waals surface area contributed by atoms with Crippen molar-refractivity contribution in [1.29, 1.82) is 0 Å². The fourth-order valence-corrected chi connectivity index (χ4v) is 2.90. The largest absolute Gasteiger partial charge is 0.489 e. The molecule has 2 rings (SSSR count). The Labute approximate surface area is 169 Å². The van der Waals surface area contributed by atoms with Gasteiger partial charge in [0.2, 0.25) is 5.91 Å². The highest BCUT2D eigenvalue weighted by molar-refractivity contribution is 5.82. The number of benzene rings is 2. The molecule has 0 unspecified atom stereocenters. The Morgan fingerprint density at radius 1 is 0.964 bits per heavy atom. The standard InChI is InChI=1S/C24H32N2O2/c1-2-3-4-5-6-7-11-17-24(27)26-25-19-22-15-12-16-23(18-22)28-20-21-13-9-8-10-14-21/h8-10,12-16,18-19H,2-7,11,17,20H2,1H3,(H,26,27)/b25-19-. The minimum absolute atomic E-state index is 0.0266. The zero-order valence-corrected chi connectivity index (χ0v) is 16.9. The van der Waals surface area contributed by atoms with Gasteiger partial charge in [-0.15, -0.1) is 0 Å². The number of rotatable bonds is 13. The second kappa shape index (κ2) is 13.5. The van der Waals surface area contributed by atoms with E-state index in [1.165, 1.54) is 32.1 Å². The van der Waals surface area contributed by atoms with Gasteiger partial charge >= 0.3 is 0 Å². The second-order valence-corrected chi connectivity index (χ2v) is 7.01. The van der Waals surface area contributed by atoms with E-state index in [1.54, 1.807) is 6.21 Å². The second-order valence-electron chi connectivity index (χ2n) is 7.01. The van der Waals surface area contributed by atoms with Crippen molar-refractivity contribution in [3.05, 3.63) is 65.7 Å². The summed E-state index contributed by atoms with van der Waals surface area (Å²) in [6.07, 6.45) is 10.6. The molecule has 4 heteroatoms. The van der Waals surface area contributed by atoms with Crippen molar-refractivity contribution in [3.63, 3.8) is 0 Å². The van der Waals surface area contributed by atoms with Crippen LogP contribution in [0.15, 0.2) is 59.7 Å². The van der Waals surface area contributed by atoms with E-state index in [0.29, 0.717) is 13.0 Å². The highest BCUT2D eigenvalue weighted by Gasteiger charge is 2.00. The Morgan fingerprint density at radius 3 is 2.50 bits per heavy atom. The Morgan fingerprint density at radius 2 is 1.71 bits per heavy atom. The fraction of sp³-hybridized carbons (Fsp3) is 0.417. The number of carbonyl (C=O) groups is 1. The van der Waals surface area contributed by atoms with Gasteiger partial charge in [-0.1, -0.05) is 87.9 Å². The van der Waals surface area contributed by atoms with Crippen LogP contribution in [0.1, 0.15) is 69.4 Å². The first-order valence-corrected chi connectivity index (χ1v) is 10.4. The van der Waals surface area contributed by atoms with E-state index in [1.807, 2.05) is 54.6 Å². The van der Waals surface area contributed by atoms with Crippen molar-refractivity contribution in [2.75, 3.05) is 0 Å². The number of carbonyl (C=O) groups excluding carboxylic acids is 1. The van der Waals surface area contributed by atoms with E-state index in [4.69, 9.17) is 4.74 Å². The molecule has 0 bridgehead atoms. The average molecular weight is 381 g/mol. The molecule has 1 amide bonds. The predicted molar refractivity (Wildman–Crippen MR) is 116 cm³/mol. The number of nitrogens with zero attached hydrogens (tertiary/aromatic N) is 1. The normalized spacial score (nSPS) is 10.9. The quantitative estimate of drug-likeness (QED) is 0.269. The molecule has 0 aliphatic heterocycles. The minimum Gasteiger partial charge on any atom is -0.489 e. The third kappa shape index (κ3) is 9.36. The Bertz CT molecular complexity index is 714. The van der Waals surface area contributed by atoms with Gasteiger partial charge in [0.1, 0.15) is 12.4 Å². The van der Waals surface area contributed by atoms with E-state index >= 15 is 0 Å². The number of ether oxygens (including phenoxy) is 1. The number of hydrazone groups is 1. The SMILES string of the molecule is CCCCCCCCCC(=O)N/N=C\c1cccc(OCc2ccccc2)c1. The zero-order chi connectivity index (χ0) is 19.9. The summed E-state index contributed by atoms with van der Waals surface area (Å²) in [5.41, 5.74) is 4.62. The smallest absolute Gasteiger partial charge is 0.240 e. The first-order chi connectivity index (χ1) is 13.8. The van der Waals surface area contributed by atoms with Crippen LogP contribution < -0.4 is 10.2 Å². The zero-order valence-electron chi connectivity index (χ0n) is 16.9. The third-order valence-electron chi connectivity index (χ3n) is 4.52. The molecule has 0 atom stereocenters. The molecule has 2 aromatic carbocycles. The van der Waals surface area contributed by atoms with Gasteiger partial charge in [0.05, 0.1) is 6.21 Å². The molecule has 0 heterocycles. The summed E-state index contributed by atoms with van der Waals surface area (Å²) < 4.78 is 5.81.